The zero-order chi connectivity index (χ0) is 17.6. The molecule has 9 heteroatoms. The van der Waals surface area contributed by atoms with Gasteiger partial charge in [-0.05, 0) is 25.7 Å². The van der Waals surface area contributed by atoms with E-state index in [0.717, 1.165) is 68.3 Å². The zero-order valence-electron chi connectivity index (χ0n) is 14.6. The predicted octanol–water partition coefficient (Wildman–Crippen LogP) is 0.942. The first-order chi connectivity index (χ1) is 12.8. The molecule has 0 amide bonds. The second-order valence-electron chi connectivity index (χ2n) is 7.30. The van der Waals surface area contributed by atoms with Crippen molar-refractivity contribution in [1.82, 2.24) is 20.2 Å². The minimum atomic E-state index is 0.0335. The highest BCUT2D eigenvalue weighted by Crippen LogP contribution is 2.45. The van der Waals surface area contributed by atoms with Crippen molar-refractivity contribution in [2.24, 2.45) is 0 Å². The van der Waals surface area contributed by atoms with Gasteiger partial charge in [0.2, 0.25) is 11.1 Å². The number of nitrogens with one attached hydrogen (secondary N) is 1. The van der Waals surface area contributed by atoms with Gasteiger partial charge in [0.25, 0.3) is 5.56 Å². The smallest absolute Gasteiger partial charge is 0.255 e. The van der Waals surface area contributed by atoms with Crippen LogP contribution in [0.3, 0.4) is 0 Å². The molecule has 0 bridgehead atoms. The van der Waals surface area contributed by atoms with Gasteiger partial charge in [-0.15, -0.1) is 10.2 Å². The normalized spacial score (nSPS) is 22.0. The van der Waals surface area contributed by atoms with Crippen molar-refractivity contribution in [2.75, 3.05) is 49.2 Å². The van der Waals surface area contributed by atoms with Crippen molar-refractivity contribution in [3.8, 4) is 0 Å². The van der Waals surface area contributed by atoms with E-state index in [0.29, 0.717) is 19.2 Å². The fourth-order valence-electron chi connectivity index (χ4n) is 4.48. The van der Waals surface area contributed by atoms with Crippen LogP contribution >= 0.6 is 11.3 Å². The summed E-state index contributed by atoms with van der Waals surface area (Å²) in [6.07, 6.45) is 3.88. The Morgan fingerprint density at radius 2 is 1.92 bits per heavy atom. The van der Waals surface area contributed by atoms with E-state index in [-0.39, 0.29) is 11.0 Å². The number of ether oxygens (including phenoxy) is 1. The van der Waals surface area contributed by atoms with Crippen LogP contribution in [0.4, 0.5) is 11.1 Å². The minimum absolute atomic E-state index is 0.0335. The number of morpholine rings is 1. The summed E-state index contributed by atoms with van der Waals surface area (Å²) in [7, 11) is 0. The molecule has 2 aliphatic heterocycles. The van der Waals surface area contributed by atoms with Crippen LogP contribution in [0.2, 0.25) is 0 Å². The van der Waals surface area contributed by atoms with Gasteiger partial charge in [-0.3, -0.25) is 9.78 Å². The summed E-state index contributed by atoms with van der Waals surface area (Å²) in [6, 6.07) is 0. The second-order valence-corrected chi connectivity index (χ2v) is 8.12. The SMILES string of the molecule is O=c1[nH]c(N2CCOCC2)nc2c1CCC21CCN(c2nncs2)CC1. The molecule has 0 aromatic carbocycles. The number of fused-ring (bicyclic) bond motifs is 2. The number of piperidine rings is 1. The third-order valence-electron chi connectivity index (χ3n) is 6.01. The van der Waals surface area contributed by atoms with Gasteiger partial charge in [-0.2, -0.15) is 0 Å². The maximum atomic E-state index is 12.7. The Hall–Kier alpha value is -2.00. The highest BCUT2D eigenvalue weighted by atomic mass is 32.1. The number of aromatic nitrogens is 4. The minimum Gasteiger partial charge on any atom is -0.378 e. The second kappa shape index (κ2) is 6.31. The van der Waals surface area contributed by atoms with E-state index in [1.807, 2.05) is 0 Å². The number of H-pyrrole nitrogens is 1. The van der Waals surface area contributed by atoms with E-state index < -0.39 is 0 Å². The first-order valence-electron chi connectivity index (χ1n) is 9.23. The Labute approximate surface area is 155 Å². The van der Waals surface area contributed by atoms with Gasteiger partial charge >= 0.3 is 0 Å². The third-order valence-corrected chi connectivity index (χ3v) is 6.76. The van der Waals surface area contributed by atoms with Gasteiger partial charge in [0.15, 0.2) is 0 Å². The molecule has 0 atom stereocenters. The lowest BCUT2D eigenvalue weighted by Crippen LogP contribution is -2.43. The molecule has 0 saturated carbocycles. The average molecular weight is 374 g/mol. The van der Waals surface area contributed by atoms with Crippen molar-refractivity contribution in [1.29, 1.82) is 0 Å². The Bertz CT molecular complexity index is 837. The maximum Gasteiger partial charge on any atom is 0.255 e. The lowest BCUT2D eigenvalue weighted by molar-refractivity contribution is 0.122. The first-order valence-corrected chi connectivity index (χ1v) is 10.1. The Kier molecular flexibility index (Phi) is 3.93. The fraction of sp³-hybridized carbons (Fsp3) is 0.647. The molecule has 8 nitrogen and oxygen atoms in total. The van der Waals surface area contributed by atoms with Crippen LogP contribution in [0.15, 0.2) is 10.3 Å². The molecule has 0 radical (unpaired) electrons. The number of nitrogens with zero attached hydrogens (tertiary/aromatic N) is 5. The van der Waals surface area contributed by atoms with E-state index in [4.69, 9.17) is 9.72 Å². The lowest BCUT2D eigenvalue weighted by atomic mass is 9.76. The van der Waals surface area contributed by atoms with Gasteiger partial charge in [-0.25, -0.2) is 4.98 Å². The molecule has 5 rings (SSSR count). The molecule has 2 fully saturated rings. The van der Waals surface area contributed by atoms with Gasteiger partial charge in [0.05, 0.1) is 18.9 Å². The summed E-state index contributed by atoms with van der Waals surface area (Å²) < 4.78 is 5.42. The van der Waals surface area contributed by atoms with Gasteiger partial charge in [0, 0.05) is 37.2 Å². The summed E-state index contributed by atoms with van der Waals surface area (Å²) in [5.41, 5.74) is 3.79. The van der Waals surface area contributed by atoms with Crippen molar-refractivity contribution in [2.45, 2.75) is 31.1 Å². The summed E-state index contributed by atoms with van der Waals surface area (Å²) in [5, 5.41) is 9.14. The molecular formula is C17H22N6O2S. The van der Waals surface area contributed by atoms with Gasteiger partial charge < -0.3 is 14.5 Å². The van der Waals surface area contributed by atoms with Crippen LogP contribution in [-0.4, -0.2) is 59.6 Å². The van der Waals surface area contributed by atoms with E-state index in [1.54, 1.807) is 16.8 Å². The quantitative estimate of drug-likeness (QED) is 0.837. The molecule has 2 aromatic heterocycles. The molecule has 26 heavy (non-hydrogen) atoms. The highest BCUT2D eigenvalue weighted by molar-refractivity contribution is 7.13. The van der Waals surface area contributed by atoms with Crippen LogP contribution in [-0.2, 0) is 16.6 Å². The van der Waals surface area contributed by atoms with Crippen LogP contribution in [0, 0.1) is 0 Å². The predicted molar refractivity (Wildman–Crippen MR) is 99.2 cm³/mol. The van der Waals surface area contributed by atoms with Crippen molar-refractivity contribution < 1.29 is 4.74 Å². The molecule has 1 spiro atoms. The van der Waals surface area contributed by atoms with Crippen LogP contribution in [0.1, 0.15) is 30.5 Å². The molecule has 1 aliphatic carbocycles. The topological polar surface area (TPSA) is 87.2 Å². The maximum absolute atomic E-state index is 12.7. The largest absolute Gasteiger partial charge is 0.378 e. The molecular weight excluding hydrogens is 352 g/mol. The Morgan fingerprint density at radius 3 is 2.65 bits per heavy atom. The molecule has 0 unspecified atom stereocenters. The van der Waals surface area contributed by atoms with Crippen molar-refractivity contribution in [3.05, 3.63) is 27.1 Å². The van der Waals surface area contributed by atoms with E-state index >= 15 is 0 Å². The first kappa shape index (κ1) is 16.2. The average Bonchev–Trinajstić information content (AvgIpc) is 3.33. The number of hydrogen-bond donors (Lipinski definition) is 1. The third kappa shape index (κ3) is 2.61. The molecule has 4 heterocycles. The van der Waals surface area contributed by atoms with Crippen molar-refractivity contribution >= 4 is 22.4 Å². The van der Waals surface area contributed by atoms with Gasteiger partial charge in [-0.1, -0.05) is 11.3 Å². The molecule has 1 N–H and O–H groups in total. The van der Waals surface area contributed by atoms with Gasteiger partial charge in [0.1, 0.15) is 5.51 Å². The lowest BCUT2D eigenvalue weighted by Gasteiger charge is -2.39. The molecule has 2 aromatic rings. The summed E-state index contributed by atoms with van der Waals surface area (Å²) in [6.45, 7) is 4.80. The molecule has 2 saturated heterocycles. The number of anilines is 2. The monoisotopic (exact) mass is 374 g/mol. The number of hydrogen-bond acceptors (Lipinski definition) is 8. The molecule has 3 aliphatic rings. The Morgan fingerprint density at radius 1 is 1.12 bits per heavy atom. The summed E-state index contributed by atoms with van der Waals surface area (Å²) in [5.74, 6) is 0.713. The zero-order valence-corrected chi connectivity index (χ0v) is 15.4. The Balaban J connectivity index is 1.44. The standard InChI is InChI=1S/C17H22N6O2S/c24-14-12-1-2-17(3-5-23(6-4-17)16-21-18-11-26-16)13(12)19-15(20-14)22-7-9-25-10-8-22/h11H,1-10H2,(H,19,20,24). The van der Waals surface area contributed by atoms with Crippen LogP contribution < -0.4 is 15.4 Å². The van der Waals surface area contributed by atoms with Crippen LogP contribution in [0.5, 0.6) is 0 Å². The number of rotatable bonds is 2. The van der Waals surface area contributed by atoms with E-state index in [1.165, 1.54) is 0 Å². The summed E-state index contributed by atoms with van der Waals surface area (Å²) in [4.78, 5) is 25.1. The summed E-state index contributed by atoms with van der Waals surface area (Å²) >= 11 is 1.58. The van der Waals surface area contributed by atoms with E-state index in [9.17, 15) is 4.79 Å². The molecule has 138 valence electrons. The number of aromatic amines is 1. The van der Waals surface area contributed by atoms with Crippen molar-refractivity contribution in [3.63, 3.8) is 0 Å². The van der Waals surface area contributed by atoms with E-state index in [2.05, 4.69) is 25.0 Å². The highest BCUT2D eigenvalue weighted by Gasteiger charge is 2.44. The van der Waals surface area contributed by atoms with Crippen LogP contribution in [0.25, 0.3) is 0 Å². The fourth-order valence-corrected chi connectivity index (χ4v) is 5.10.